The molecular formula is C15H33N3. The summed E-state index contributed by atoms with van der Waals surface area (Å²) in [6, 6.07) is 0. The van der Waals surface area contributed by atoms with Gasteiger partial charge in [0.25, 0.3) is 0 Å². The molecule has 0 aromatic heterocycles. The van der Waals surface area contributed by atoms with Crippen molar-refractivity contribution in [3.63, 3.8) is 0 Å². The molecule has 3 heteroatoms. The number of hydrogen-bond acceptors (Lipinski definition) is 3. The molecule has 0 spiro atoms. The fraction of sp³-hybridized carbons (Fsp3) is 1.00. The Morgan fingerprint density at radius 1 is 1.00 bits per heavy atom. The minimum atomic E-state index is -0.678. The second kappa shape index (κ2) is 5.48. The fourth-order valence-corrected chi connectivity index (χ4v) is 3.89. The Morgan fingerprint density at radius 3 is 1.94 bits per heavy atom. The van der Waals surface area contributed by atoms with Gasteiger partial charge >= 0.3 is 0 Å². The SMILES string of the molecule is CCCCCC(N)(N)N1C(C)(C)CCCC1(C)C. The first-order chi connectivity index (χ1) is 8.13. The second-order valence-electron chi connectivity index (χ2n) is 7.26. The Labute approximate surface area is 113 Å². The summed E-state index contributed by atoms with van der Waals surface area (Å²) < 4.78 is 0. The van der Waals surface area contributed by atoms with Crippen LogP contribution >= 0.6 is 0 Å². The average Bonchev–Trinajstić information content (AvgIpc) is 2.13. The molecule has 0 aromatic carbocycles. The van der Waals surface area contributed by atoms with Gasteiger partial charge in [-0.1, -0.05) is 19.8 Å². The molecule has 1 fully saturated rings. The van der Waals surface area contributed by atoms with Crippen molar-refractivity contribution < 1.29 is 0 Å². The van der Waals surface area contributed by atoms with E-state index in [2.05, 4.69) is 39.5 Å². The van der Waals surface area contributed by atoms with Crippen LogP contribution < -0.4 is 11.5 Å². The van der Waals surface area contributed by atoms with Crippen molar-refractivity contribution in [2.75, 3.05) is 0 Å². The van der Waals surface area contributed by atoms with E-state index < -0.39 is 5.79 Å². The molecule has 0 aliphatic carbocycles. The van der Waals surface area contributed by atoms with E-state index in [0.717, 1.165) is 12.8 Å². The first-order valence-electron chi connectivity index (χ1n) is 7.52. The van der Waals surface area contributed by atoms with Gasteiger partial charge in [0.05, 0.1) is 0 Å². The highest BCUT2D eigenvalue weighted by atomic mass is 15.4. The topological polar surface area (TPSA) is 55.3 Å². The fourth-order valence-electron chi connectivity index (χ4n) is 3.89. The highest BCUT2D eigenvalue weighted by molar-refractivity contribution is 5.02. The lowest BCUT2D eigenvalue weighted by atomic mass is 9.78. The summed E-state index contributed by atoms with van der Waals surface area (Å²) in [5, 5.41) is 0. The van der Waals surface area contributed by atoms with Crippen LogP contribution in [0.3, 0.4) is 0 Å². The highest BCUT2D eigenvalue weighted by Gasteiger charge is 2.48. The third-order valence-corrected chi connectivity index (χ3v) is 4.38. The van der Waals surface area contributed by atoms with Crippen molar-refractivity contribution in [2.24, 2.45) is 11.5 Å². The monoisotopic (exact) mass is 255 g/mol. The molecule has 108 valence electrons. The summed E-state index contributed by atoms with van der Waals surface area (Å²) in [5.41, 5.74) is 13.2. The lowest BCUT2D eigenvalue weighted by Gasteiger charge is -2.59. The van der Waals surface area contributed by atoms with Crippen LogP contribution in [0.2, 0.25) is 0 Å². The third-order valence-electron chi connectivity index (χ3n) is 4.38. The third kappa shape index (κ3) is 3.46. The number of piperidine rings is 1. The number of likely N-dealkylation sites (tertiary alicyclic amines) is 1. The lowest BCUT2D eigenvalue weighted by molar-refractivity contribution is -0.110. The van der Waals surface area contributed by atoms with Crippen molar-refractivity contribution in [2.45, 2.75) is 96.4 Å². The number of unbranched alkanes of at least 4 members (excludes halogenated alkanes) is 2. The summed E-state index contributed by atoms with van der Waals surface area (Å²) in [5.74, 6) is -0.678. The number of nitrogens with two attached hydrogens (primary N) is 2. The van der Waals surface area contributed by atoms with Gasteiger partial charge in [-0.15, -0.1) is 0 Å². The Kier molecular flexibility index (Phi) is 4.85. The Morgan fingerprint density at radius 2 is 1.50 bits per heavy atom. The van der Waals surface area contributed by atoms with Gasteiger partial charge < -0.3 is 11.5 Å². The molecule has 3 nitrogen and oxygen atoms in total. The molecular weight excluding hydrogens is 222 g/mol. The van der Waals surface area contributed by atoms with E-state index in [1.165, 1.54) is 32.1 Å². The molecule has 0 radical (unpaired) electrons. The zero-order valence-electron chi connectivity index (χ0n) is 13.1. The van der Waals surface area contributed by atoms with E-state index in [1.807, 2.05) is 0 Å². The van der Waals surface area contributed by atoms with Crippen molar-refractivity contribution >= 4 is 0 Å². The van der Waals surface area contributed by atoms with E-state index in [-0.39, 0.29) is 11.1 Å². The Balaban J connectivity index is 2.86. The molecule has 1 heterocycles. The van der Waals surface area contributed by atoms with Crippen molar-refractivity contribution in [3.8, 4) is 0 Å². The smallest absolute Gasteiger partial charge is 0.121 e. The molecule has 0 amide bonds. The van der Waals surface area contributed by atoms with Crippen molar-refractivity contribution in [1.29, 1.82) is 0 Å². The summed E-state index contributed by atoms with van der Waals surface area (Å²) in [6.07, 6.45) is 8.05. The van der Waals surface area contributed by atoms with E-state index in [0.29, 0.717) is 0 Å². The molecule has 0 atom stereocenters. The first-order valence-corrected chi connectivity index (χ1v) is 7.52. The number of nitrogens with zero attached hydrogens (tertiary/aromatic N) is 1. The summed E-state index contributed by atoms with van der Waals surface area (Å²) in [6.45, 7) is 11.3. The maximum absolute atomic E-state index is 6.49. The van der Waals surface area contributed by atoms with Crippen LogP contribution in [0.25, 0.3) is 0 Å². The Bertz CT molecular complexity index is 253. The quantitative estimate of drug-likeness (QED) is 0.586. The van der Waals surface area contributed by atoms with Gasteiger partial charge in [0, 0.05) is 11.1 Å². The van der Waals surface area contributed by atoms with Gasteiger partial charge in [-0.2, -0.15) is 0 Å². The van der Waals surface area contributed by atoms with Crippen LogP contribution in [0.5, 0.6) is 0 Å². The van der Waals surface area contributed by atoms with Gasteiger partial charge in [-0.25, -0.2) is 0 Å². The molecule has 1 aliphatic rings. The summed E-state index contributed by atoms with van der Waals surface area (Å²) in [7, 11) is 0. The molecule has 0 aromatic rings. The normalized spacial score (nSPS) is 24.2. The van der Waals surface area contributed by atoms with E-state index >= 15 is 0 Å². The number of hydrogen-bond donors (Lipinski definition) is 2. The molecule has 1 saturated heterocycles. The summed E-state index contributed by atoms with van der Waals surface area (Å²) >= 11 is 0. The molecule has 0 bridgehead atoms. The maximum Gasteiger partial charge on any atom is 0.121 e. The molecule has 0 saturated carbocycles. The Hall–Kier alpha value is -0.120. The van der Waals surface area contributed by atoms with Crippen LogP contribution in [-0.2, 0) is 0 Å². The van der Waals surface area contributed by atoms with Crippen LogP contribution in [0.4, 0.5) is 0 Å². The van der Waals surface area contributed by atoms with Crippen LogP contribution in [0.15, 0.2) is 0 Å². The molecule has 1 rings (SSSR count). The first kappa shape index (κ1) is 15.9. The average molecular weight is 255 g/mol. The predicted octanol–water partition coefficient (Wildman–Crippen LogP) is 3.18. The molecule has 18 heavy (non-hydrogen) atoms. The van der Waals surface area contributed by atoms with Crippen molar-refractivity contribution in [1.82, 2.24) is 4.90 Å². The van der Waals surface area contributed by atoms with Crippen molar-refractivity contribution in [3.05, 3.63) is 0 Å². The number of rotatable bonds is 5. The van der Waals surface area contributed by atoms with Gasteiger partial charge in [-0.05, 0) is 59.8 Å². The van der Waals surface area contributed by atoms with E-state index in [1.54, 1.807) is 0 Å². The second-order valence-corrected chi connectivity index (χ2v) is 7.26. The van der Waals surface area contributed by atoms with E-state index in [9.17, 15) is 0 Å². The minimum Gasteiger partial charge on any atom is -0.301 e. The zero-order valence-corrected chi connectivity index (χ0v) is 13.1. The molecule has 0 unspecified atom stereocenters. The van der Waals surface area contributed by atoms with Crippen LogP contribution in [-0.4, -0.2) is 21.8 Å². The lowest BCUT2D eigenvalue weighted by Crippen LogP contribution is -2.75. The summed E-state index contributed by atoms with van der Waals surface area (Å²) in [4.78, 5) is 2.38. The zero-order chi connectivity index (χ0) is 14.0. The van der Waals surface area contributed by atoms with Crippen LogP contribution in [0.1, 0.15) is 79.6 Å². The van der Waals surface area contributed by atoms with Gasteiger partial charge in [0.1, 0.15) is 5.79 Å². The predicted molar refractivity (Wildman–Crippen MR) is 79.1 cm³/mol. The maximum atomic E-state index is 6.49. The standard InChI is InChI=1S/C15H33N3/c1-6-7-8-12-15(16,17)18-13(2,3)10-9-11-14(18,4)5/h6-12,16-17H2,1-5H3. The molecule has 4 N–H and O–H groups in total. The van der Waals surface area contributed by atoms with Crippen LogP contribution in [0, 0.1) is 0 Å². The van der Waals surface area contributed by atoms with Gasteiger partial charge in [0.2, 0.25) is 0 Å². The highest BCUT2D eigenvalue weighted by Crippen LogP contribution is 2.41. The molecule has 1 aliphatic heterocycles. The van der Waals surface area contributed by atoms with E-state index in [4.69, 9.17) is 11.5 Å². The largest absolute Gasteiger partial charge is 0.301 e. The van der Waals surface area contributed by atoms with Gasteiger partial charge in [0.15, 0.2) is 0 Å². The van der Waals surface area contributed by atoms with Gasteiger partial charge in [-0.3, -0.25) is 4.90 Å². The minimum absolute atomic E-state index is 0.0947.